The Balaban J connectivity index is 2.34. The summed E-state index contributed by atoms with van der Waals surface area (Å²) < 4.78 is 18.0. The summed E-state index contributed by atoms with van der Waals surface area (Å²) in [5.41, 5.74) is 2.16. The summed E-state index contributed by atoms with van der Waals surface area (Å²) in [4.78, 5) is 0. The van der Waals surface area contributed by atoms with Gasteiger partial charge in [0.15, 0.2) is 0 Å². The molecule has 0 N–H and O–H groups in total. The number of nitrogens with zero attached hydrogens (tertiary/aromatic N) is 1. The Labute approximate surface area is 134 Å². The maximum absolute atomic E-state index is 13.9. The van der Waals surface area contributed by atoms with Crippen molar-refractivity contribution in [1.29, 1.82) is 0 Å². The number of aromatic nitrogens is 1. The molecule has 1 heterocycles. The monoisotopic (exact) mass is 397 g/mol. The van der Waals surface area contributed by atoms with Gasteiger partial charge in [-0.2, -0.15) is 0 Å². The first-order chi connectivity index (χ1) is 9.60. The standard InChI is InChI=1S/C16H14Br2FN/c1-2-12(19)9-20-15-5-3-10(17)7-13(15)14-8-11(18)4-6-16(14)20/h3-8,12H,2,9H2,1H3. The van der Waals surface area contributed by atoms with Gasteiger partial charge in [-0.3, -0.25) is 0 Å². The van der Waals surface area contributed by atoms with Gasteiger partial charge in [-0.1, -0.05) is 38.8 Å². The molecule has 0 amide bonds. The smallest absolute Gasteiger partial charge is 0.118 e. The van der Waals surface area contributed by atoms with E-state index in [0.717, 1.165) is 30.8 Å². The van der Waals surface area contributed by atoms with Gasteiger partial charge in [0.1, 0.15) is 6.17 Å². The lowest BCUT2D eigenvalue weighted by atomic mass is 10.2. The number of rotatable bonds is 3. The van der Waals surface area contributed by atoms with Crippen LogP contribution in [0, 0.1) is 0 Å². The Morgan fingerprint density at radius 3 is 1.95 bits per heavy atom. The van der Waals surface area contributed by atoms with Crippen molar-refractivity contribution < 1.29 is 4.39 Å². The van der Waals surface area contributed by atoms with E-state index in [1.165, 1.54) is 0 Å². The molecule has 104 valence electrons. The fourth-order valence-corrected chi connectivity index (χ4v) is 3.29. The Morgan fingerprint density at radius 2 is 1.50 bits per heavy atom. The summed E-state index contributed by atoms with van der Waals surface area (Å²) in [6, 6.07) is 12.3. The summed E-state index contributed by atoms with van der Waals surface area (Å²) in [5.74, 6) is 0. The third kappa shape index (κ3) is 2.40. The van der Waals surface area contributed by atoms with Gasteiger partial charge in [-0.05, 0) is 42.8 Å². The predicted molar refractivity (Wildman–Crippen MR) is 90.0 cm³/mol. The van der Waals surface area contributed by atoms with Crippen molar-refractivity contribution in [2.75, 3.05) is 0 Å². The van der Waals surface area contributed by atoms with Crippen LogP contribution in [0.1, 0.15) is 13.3 Å². The summed E-state index contributed by atoms with van der Waals surface area (Å²) in [6.45, 7) is 2.28. The van der Waals surface area contributed by atoms with E-state index in [-0.39, 0.29) is 0 Å². The zero-order chi connectivity index (χ0) is 14.3. The van der Waals surface area contributed by atoms with Crippen LogP contribution in [0.3, 0.4) is 0 Å². The molecule has 4 heteroatoms. The number of fused-ring (bicyclic) bond motifs is 3. The van der Waals surface area contributed by atoms with Crippen molar-refractivity contribution >= 4 is 53.7 Å². The van der Waals surface area contributed by atoms with Crippen molar-refractivity contribution in [3.63, 3.8) is 0 Å². The molecule has 20 heavy (non-hydrogen) atoms. The van der Waals surface area contributed by atoms with E-state index in [1.54, 1.807) is 0 Å². The molecule has 1 unspecified atom stereocenters. The summed E-state index contributed by atoms with van der Waals surface area (Å²) in [7, 11) is 0. The molecular weight excluding hydrogens is 385 g/mol. The molecule has 2 aromatic carbocycles. The van der Waals surface area contributed by atoms with Crippen molar-refractivity contribution in [2.45, 2.75) is 26.1 Å². The largest absolute Gasteiger partial charge is 0.338 e. The molecule has 1 atom stereocenters. The van der Waals surface area contributed by atoms with Crippen LogP contribution in [0.5, 0.6) is 0 Å². The molecule has 3 rings (SSSR count). The fraction of sp³-hybridized carbons (Fsp3) is 0.250. The highest BCUT2D eigenvalue weighted by Gasteiger charge is 2.14. The summed E-state index contributed by atoms with van der Waals surface area (Å²) in [6.07, 6.45) is -0.282. The van der Waals surface area contributed by atoms with Crippen LogP contribution in [0.2, 0.25) is 0 Å². The average Bonchev–Trinajstić information content (AvgIpc) is 2.72. The molecule has 0 saturated heterocycles. The molecule has 0 saturated carbocycles. The van der Waals surface area contributed by atoms with E-state index in [1.807, 2.05) is 19.1 Å². The fourth-order valence-electron chi connectivity index (χ4n) is 2.57. The lowest BCUT2D eigenvalue weighted by Crippen LogP contribution is -2.09. The Bertz CT molecular complexity index is 720. The molecule has 0 bridgehead atoms. The van der Waals surface area contributed by atoms with Gasteiger partial charge in [0.25, 0.3) is 0 Å². The van der Waals surface area contributed by atoms with E-state index >= 15 is 0 Å². The maximum Gasteiger partial charge on any atom is 0.118 e. The molecule has 3 aromatic rings. The third-order valence-corrected chi connectivity index (χ3v) is 4.60. The zero-order valence-electron chi connectivity index (χ0n) is 11.0. The minimum Gasteiger partial charge on any atom is -0.338 e. The number of alkyl halides is 1. The number of hydrogen-bond donors (Lipinski definition) is 0. The highest BCUT2D eigenvalue weighted by Crippen LogP contribution is 2.33. The number of halogens is 3. The van der Waals surface area contributed by atoms with Crippen LogP contribution in [0.15, 0.2) is 45.3 Å². The predicted octanol–water partition coefficient (Wildman–Crippen LogP) is 6.07. The third-order valence-electron chi connectivity index (χ3n) is 3.61. The molecule has 0 aliphatic carbocycles. The van der Waals surface area contributed by atoms with Crippen molar-refractivity contribution in [1.82, 2.24) is 4.57 Å². The molecule has 0 aliphatic rings. The first-order valence-corrected chi connectivity index (χ1v) is 8.20. The van der Waals surface area contributed by atoms with Crippen molar-refractivity contribution in [3.05, 3.63) is 45.3 Å². The SMILES string of the molecule is CCC(F)Cn1c2ccc(Br)cc2c2cc(Br)ccc21. The maximum atomic E-state index is 13.9. The van der Waals surface area contributed by atoms with Crippen LogP contribution < -0.4 is 0 Å². The molecule has 0 spiro atoms. The van der Waals surface area contributed by atoms with Gasteiger partial charge in [0.2, 0.25) is 0 Å². The minimum atomic E-state index is -0.818. The highest BCUT2D eigenvalue weighted by molar-refractivity contribution is 9.10. The lowest BCUT2D eigenvalue weighted by Gasteiger charge is -2.10. The average molecular weight is 399 g/mol. The van der Waals surface area contributed by atoms with Crippen LogP contribution in [0.25, 0.3) is 21.8 Å². The highest BCUT2D eigenvalue weighted by atomic mass is 79.9. The van der Waals surface area contributed by atoms with E-state index in [9.17, 15) is 4.39 Å². The first kappa shape index (κ1) is 14.1. The molecule has 0 radical (unpaired) electrons. The van der Waals surface area contributed by atoms with Gasteiger partial charge in [0, 0.05) is 30.8 Å². The van der Waals surface area contributed by atoms with Crippen LogP contribution >= 0.6 is 31.9 Å². The molecule has 0 fully saturated rings. The lowest BCUT2D eigenvalue weighted by molar-refractivity contribution is 0.293. The second-order valence-electron chi connectivity index (χ2n) is 4.94. The van der Waals surface area contributed by atoms with Gasteiger partial charge in [-0.15, -0.1) is 0 Å². The summed E-state index contributed by atoms with van der Waals surface area (Å²) in [5, 5.41) is 2.30. The van der Waals surface area contributed by atoms with Gasteiger partial charge >= 0.3 is 0 Å². The van der Waals surface area contributed by atoms with E-state index in [4.69, 9.17) is 0 Å². The summed E-state index contributed by atoms with van der Waals surface area (Å²) >= 11 is 7.03. The van der Waals surface area contributed by atoms with Gasteiger partial charge in [-0.25, -0.2) is 4.39 Å². The second-order valence-corrected chi connectivity index (χ2v) is 6.77. The molecular formula is C16H14Br2FN. The Kier molecular flexibility index (Phi) is 3.87. The molecule has 1 aromatic heterocycles. The number of hydrogen-bond acceptors (Lipinski definition) is 0. The van der Waals surface area contributed by atoms with Gasteiger partial charge in [0.05, 0.1) is 6.54 Å². The van der Waals surface area contributed by atoms with Crippen molar-refractivity contribution in [2.24, 2.45) is 0 Å². The topological polar surface area (TPSA) is 4.93 Å². The molecule has 1 nitrogen and oxygen atoms in total. The minimum absolute atomic E-state index is 0.403. The molecule has 0 aliphatic heterocycles. The normalized spacial score (nSPS) is 13.2. The Hall–Kier alpha value is -0.870. The van der Waals surface area contributed by atoms with E-state index in [0.29, 0.717) is 13.0 Å². The van der Waals surface area contributed by atoms with Gasteiger partial charge < -0.3 is 4.57 Å². The zero-order valence-corrected chi connectivity index (χ0v) is 14.2. The Morgan fingerprint density at radius 1 is 1.00 bits per heavy atom. The first-order valence-electron chi connectivity index (χ1n) is 6.61. The van der Waals surface area contributed by atoms with E-state index in [2.05, 4.69) is 60.7 Å². The van der Waals surface area contributed by atoms with Crippen LogP contribution in [-0.2, 0) is 6.54 Å². The second kappa shape index (κ2) is 5.49. The number of benzene rings is 2. The van der Waals surface area contributed by atoms with Crippen molar-refractivity contribution in [3.8, 4) is 0 Å². The van der Waals surface area contributed by atoms with Crippen LogP contribution in [-0.4, -0.2) is 10.7 Å². The van der Waals surface area contributed by atoms with E-state index < -0.39 is 6.17 Å². The quantitative estimate of drug-likeness (QED) is 0.504. The van der Waals surface area contributed by atoms with Crippen LogP contribution in [0.4, 0.5) is 4.39 Å².